The molecule has 0 fully saturated rings. The van der Waals surface area contributed by atoms with Gasteiger partial charge in [0.05, 0.1) is 18.4 Å². The first-order valence-corrected chi connectivity index (χ1v) is 4.68. The van der Waals surface area contributed by atoms with Crippen LogP contribution in [0.15, 0.2) is 12.3 Å². The van der Waals surface area contributed by atoms with E-state index in [2.05, 4.69) is 10.3 Å². The molecule has 0 unspecified atom stereocenters. The van der Waals surface area contributed by atoms with Crippen LogP contribution in [0.2, 0.25) is 0 Å². The molecule has 1 heterocycles. The Bertz CT molecular complexity index is 364. The number of likely N-dealkylation sites (N-methyl/N-ethyl adjacent to an activating group) is 2. The van der Waals surface area contributed by atoms with Crippen LogP contribution < -0.4 is 16.0 Å². The number of hydrogen-bond donors (Lipinski definition) is 2. The topological polar surface area (TPSA) is 71.2 Å². The summed E-state index contributed by atoms with van der Waals surface area (Å²) in [6.45, 7) is 2.20. The Labute approximate surface area is 89.3 Å². The number of amides is 1. The number of hydrogen-bond acceptors (Lipinski definition) is 4. The molecule has 0 aromatic carbocycles. The summed E-state index contributed by atoms with van der Waals surface area (Å²) in [6, 6.07) is 1.84. The van der Waals surface area contributed by atoms with Crippen molar-refractivity contribution in [3.05, 3.63) is 17.8 Å². The third kappa shape index (κ3) is 2.83. The zero-order valence-electron chi connectivity index (χ0n) is 9.24. The van der Waals surface area contributed by atoms with E-state index in [-0.39, 0.29) is 12.5 Å². The third-order valence-corrected chi connectivity index (χ3v) is 2.09. The van der Waals surface area contributed by atoms with Crippen LogP contribution in [0.1, 0.15) is 5.56 Å². The van der Waals surface area contributed by atoms with Crippen molar-refractivity contribution in [2.75, 3.05) is 31.3 Å². The first-order chi connectivity index (χ1) is 7.04. The summed E-state index contributed by atoms with van der Waals surface area (Å²) in [6.07, 6.45) is 1.59. The molecule has 1 aromatic heterocycles. The van der Waals surface area contributed by atoms with Crippen LogP contribution in [0.4, 0.5) is 11.5 Å². The molecule has 5 nitrogen and oxygen atoms in total. The van der Waals surface area contributed by atoms with Gasteiger partial charge in [-0.15, -0.1) is 0 Å². The number of anilines is 2. The predicted octanol–water partition coefficient (Wildman–Crippen LogP) is 0.154. The molecule has 0 saturated heterocycles. The molecule has 0 radical (unpaired) electrons. The number of carbonyl (C=O) groups is 1. The minimum atomic E-state index is -0.0458. The monoisotopic (exact) mass is 208 g/mol. The zero-order chi connectivity index (χ0) is 11.4. The summed E-state index contributed by atoms with van der Waals surface area (Å²) in [4.78, 5) is 17.1. The minimum Gasteiger partial charge on any atom is -0.397 e. The number of nitrogens with zero attached hydrogens (tertiary/aromatic N) is 2. The largest absolute Gasteiger partial charge is 0.397 e. The molecule has 1 aromatic rings. The fourth-order valence-corrected chi connectivity index (χ4v) is 1.36. The van der Waals surface area contributed by atoms with Crippen molar-refractivity contribution in [1.29, 1.82) is 0 Å². The van der Waals surface area contributed by atoms with Crippen LogP contribution in [0.5, 0.6) is 0 Å². The maximum atomic E-state index is 11.2. The van der Waals surface area contributed by atoms with Crippen LogP contribution in [0, 0.1) is 6.92 Å². The van der Waals surface area contributed by atoms with E-state index in [1.54, 1.807) is 18.1 Å². The van der Waals surface area contributed by atoms with Crippen LogP contribution in [0.3, 0.4) is 0 Å². The van der Waals surface area contributed by atoms with E-state index in [9.17, 15) is 4.79 Å². The number of nitrogens with two attached hydrogens (primary N) is 1. The first kappa shape index (κ1) is 11.3. The molecule has 0 bridgehead atoms. The van der Waals surface area contributed by atoms with E-state index < -0.39 is 0 Å². The van der Waals surface area contributed by atoms with Gasteiger partial charge in [0.25, 0.3) is 0 Å². The molecule has 15 heavy (non-hydrogen) atoms. The van der Waals surface area contributed by atoms with Crippen LogP contribution in [-0.4, -0.2) is 31.5 Å². The summed E-state index contributed by atoms with van der Waals surface area (Å²) >= 11 is 0. The van der Waals surface area contributed by atoms with Crippen molar-refractivity contribution < 1.29 is 4.79 Å². The predicted molar refractivity (Wildman–Crippen MR) is 60.7 cm³/mol. The molecule has 1 amide bonds. The lowest BCUT2D eigenvalue weighted by molar-refractivity contribution is -0.119. The summed E-state index contributed by atoms with van der Waals surface area (Å²) in [7, 11) is 3.43. The van der Waals surface area contributed by atoms with Crippen molar-refractivity contribution in [3.8, 4) is 0 Å². The summed E-state index contributed by atoms with van der Waals surface area (Å²) < 4.78 is 0. The molecule has 3 N–H and O–H groups in total. The number of carbonyl (C=O) groups excluding carboxylic acids is 1. The normalized spacial score (nSPS) is 9.80. The Hall–Kier alpha value is -1.78. The maximum Gasteiger partial charge on any atom is 0.239 e. The van der Waals surface area contributed by atoms with E-state index >= 15 is 0 Å². The van der Waals surface area contributed by atoms with Crippen molar-refractivity contribution >= 4 is 17.4 Å². The van der Waals surface area contributed by atoms with Gasteiger partial charge in [0.1, 0.15) is 5.82 Å². The molecule has 82 valence electrons. The van der Waals surface area contributed by atoms with Crippen LogP contribution in [0.25, 0.3) is 0 Å². The smallest absolute Gasteiger partial charge is 0.239 e. The molecule has 0 aliphatic rings. The second-order valence-electron chi connectivity index (χ2n) is 3.44. The molecule has 0 saturated carbocycles. The van der Waals surface area contributed by atoms with Crippen LogP contribution in [-0.2, 0) is 4.79 Å². The van der Waals surface area contributed by atoms with Crippen LogP contribution >= 0.6 is 0 Å². The Morgan fingerprint density at radius 2 is 2.33 bits per heavy atom. The highest BCUT2D eigenvalue weighted by Gasteiger charge is 2.09. The maximum absolute atomic E-state index is 11.2. The molecule has 0 spiro atoms. The lowest BCUT2D eigenvalue weighted by Gasteiger charge is -2.19. The molecule has 0 atom stereocenters. The number of aromatic nitrogens is 1. The lowest BCUT2D eigenvalue weighted by Crippen LogP contribution is -2.33. The van der Waals surface area contributed by atoms with E-state index in [4.69, 9.17) is 5.73 Å². The number of aryl methyl sites for hydroxylation is 1. The highest BCUT2D eigenvalue weighted by molar-refractivity contribution is 5.80. The number of nitrogen functional groups attached to an aromatic ring is 1. The Morgan fingerprint density at radius 3 is 2.87 bits per heavy atom. The van der Waals surface area contributed by atoms with Crippen molar-refractivity contribution in [3.63, 3.8) is 0 Å². The molecule has 1 rings (SSSR count). The third-order valence-electron chi connectivity index (χ3n) is 2.09. The number of nitrogens with one attached hydrogen (secondary N) is 1. The lowest BCUT2D eigenvalue weighted by atomic mass is 10.2. The van der Waals surface area contributed by atoms with E-state index in [0.717, 1.165) is 11.4 Å². The SMILES string of the molecule is CNC(=O)CN(C)c1ncc(N)cc1C. The van der Waals surface area contributed by atoms with E-state index in [1.165, 1.54) is 0 Å². The molecular formula is C10H16N4O. The minimum absolute atomic E-state index is 0.0458. The summed E-state index contributed by atoms with van der Waals surface area (Å²) in [5, 5.41) is 2.56. The molecular weight excluding hydrogens is 192 g/mol. The number of rotatable bonds is 3. The second-order valence-corrected chi connectivity index (χ2v) is 3.44. The van der Waals surface area contributed by atoms with Crippen molar-refractivity contribution in [2.45, 2.75) is 6.92 Å². The Morgan fingerprint density at radius 1 is 1.67 bits per heavy atom. The van der Waals surface area contributed by atoms with Gasteiger partial charge in [-0.2, -0.15) is 0 Å². The Kier molecular flexibility index (Phi) is 3.49. The average Bonchev–Trinajstić information content (AvgIpc) is 2.17. The quantitative estimate of drug-likeness (QED) is 0.742. The highest BCUT2D eigenvalue weighted by Crippen LogP contribution is 2.16. The fraction of sp³-hybridized carbons (Fsp3) is 0.400. The van der Waals surface area contributed by atoms with Crippen molar-refractivity contribution in [1.82, 2.24) is 10.3 Å². The second kappa shape index (κ2) is 4.63. The first-order valence-electron chi connectivity index (χ1n) is 4.68. The van der Waals surface area contributed by atoms with Gasteiger partial charge in [0.15, 0.2) is 0 Å². The molecule has 0 aliphatic carbocycles. The van der Waals surface area contributed by atoms with Gasteiger partial charge >= 0.3 is 0 Å². The van der Waals surface area contributed by atoms with Crippen molar-refractivity contribution in [2.24, 2.45) is 0 Å². The average molecular weight is 208 g/mol. The zero-order valence-corrected chi connectivity index (χ0v) is 9.24. The summed E-state index contributed by atoms with van der Waals surface area (Å²) in [5.74, 6) is 0.725. The van der Waals surface area contributed by atoms with Gasteiger partial charge < -0.3 is 16.0 Å². The molecule has 0 aliphatic heterocycles. The van der Waals surface area contributed by atoms with Gasteiger partial charge in [-0.05, 0) is 18.6 Å². The van der Waals surface area contributed by atoms with E-state index in [0.29, 0.717) is 5.69 Å². The number of pyridine rings is 1. The van der Waals surface area contributed by atoms with Gasteiger partial charge in [0, 0.05) is 14.1 Å². The summed E-state index contributed by atoms with van der Waals surface area (Å²) in [5.41, 5.74) is 7.18. The van der Waals surface area contributed by atoms with Gasteiger partial charge in [0.2, 0.25) is 5.91 Å². The van der Waals surface area contributed by atoms with Gasteiger partial charge in [-0.1, -0.05) is 0 Å². The van der Waals surface area contributed by atoms with Gasteiger partial charge in [-0.3, -0.25) is 4.79 Å². The van der Waals surface area contributed by atoms with E-state index in [1.807, 2.05) is 20.0 Å². The standard InChI is InChI=1S/C10H16N4O/c1-7-4-8(11)5-13-10(7)14(3)6-9(15)12-2/h4-5H,6,11H2,1-3H3,(H,12,15). The highest BCUT2D eigenvalue weighted by atomic mass is 16.1. The Balaban J connectivity index is 2.82. The fourth-order valence-electron chi connectivity index (χ4n) is 1.36. The van der Waals surface area contributed by atoms with Gasteiger partial charge in [-0.25, -0.2) is 4.98 Å². The molecule has 5 heteroatoms.